The summed E-state index contributed by atoms with van der Waals surface area (Å²) in [5, 5.41) is 11.6. The lowest BCUT2D eigenvalue weighted by molar-refractivity contribution is -0.137. The van der Waals surface area contributed by atoms with Gasteiger partial charge in [0.1, 0.15) is 17.0 Å². The van der Waals surface area contributed by atoms with E-state index in [2.05, 4.69) is 5.32 Å². The minimum absolute atomic E-state index is 0.236. The molecule has 0 heterocycles. The standard InChI is InChI=1S/C19H27NO7/c1-18(2,3)26-16(23)20-14(11-15(21)22)12-7-9-13(10-8-12)25-17(24)27-19(4,5)6/h7-10,14H,11H2,1-6H3,(H,20,23)(H,21,22). The summed E-state index contributed by atoms with van der Waals surface area (Å²) in [4.78, 5) is 34.7. The number of benzene rings is 1. The van der Waals surface area contributed by atoms with Crippen molar-refractivity contribution in [2.75, 3.05) is 0 Å². The molecule has 2 N–H and O–H groups in total. The Kier molecular flexibility index (Phi) is 7.21. The Labute approximate surface area is 158 Å². The minimum Gasteiger partial charge on any atom is -0.481 e. The molecule has 1 aromatic rings. The molecule has 0 fully saturated rings. The summed E-state index contributed by atoms with van der Waals surface area (Å²) in [6, 6.07) is 5.30. The van der Waals surface area contributed by atoms with Crippen LogP contribution in [0.1, 0.15) is 59.6 Å². The number of hydrogen-bond acceptors (Lipinski definition) is 6. The molecule has 1 unspecified atom stereocenters. The second-order valence-corrected chi connectivity index (χ2v) is 7.93. The number of amides is 1. The number of carboxylic acids is 1. The minimum atomic E-state index is -1.08. The van der Waals surface area contributed by atoms with Crippen LogP contribution in [0.15, 0.2) is 24.3 Å². The molecule has 0 aliphatic carbocycles. The topological polar surface area (TPSA) is 111 Å². The smallest absolute Gasteiger partial charge is 0.481 e. The molecule has 0 spiro atoms. The molecule has 27 heavy (non-hydrogen) atoms. The molecule has 8 heteroatoms. The molecule has 8 nitrogen and oxygen atoms in total. The van der Waals surface area contributed by atoms with E-state index in [1.54, 1.807) is 53.7 Å². The van der Waals surface area contributed by atoms with E-state index in [4.69, 9.17) is 19.3 Å². The summed E-state index contributed by atoms with van der Waals surface area (Å²) in [6.45, 7) is 10.3. The second kappa shape index (κ2) is 8.75. The number of aliphatic carboxylic acids is 1. The fraction of sp³-hybridized carbons (Fsp3) is 0.526. The molecule has 0 saturated carbocycles. The number of ether oxygens (including phenoxy) is 3. The van der Waals surface area contributed by atoms with Gasteiger partial charge < -0.3 is 24.6 Å². The van der Waals surface area contributed by atoms with Gasteiger partial charge in [-0.05, 0) is 59.2 Å². The largest absolute Gasteiger partial charge is 0.514 e. The quantitative estimate of drug-likeness (QED) is 0.585. The van der Waals surface area contributed by atoms with Crippen LogP contribution < -0.4 is 10.1 Å². The normalized spacial score (nSPS) is 12.7. The Morgan fingerprint density at radius 1 is 0.963 bits per heavy atom. The van der Waals surface area contributed by atoms with E-state index in [-0.39, 0.29) is 12.2 Å². The van der Waals surface area contributed by atoms with Gasteiger partial charge in [0.25, 0.3) is 0 Å². The van der Waals surface area contributed by atoms with Gasteiger partial charge >= 0.3 is 18.2 Å². The number of carbonyl (C=O) groups excluding carboxylic acids is 2. The highest BCUT2D eigenvalue weighted by Crippen LogP contribution is 2.22. The summed E-state index contributed by atoms with van der Waals surface area (Å²) in [5.74, 6) is -0.843. The average molecular weight is 381 g/mol. The van der Waals surface area contributed by atoms with Gasteiger partial charge in [-0.15, -0.1) is 0 Å². The Balaban J connectivity index is 2.84. The van der Waals surface area contributed by atoms with E-state index < -0.39 is 35.5 Å². The number of hydrogen-bond donors (Lipinski definition) is 2. The first-order valence-corrected chi connectivity index (χ1v) is 8.47. The predicted octanol–water partition coefficient (Wildman–Crippen LogP) is 4.04. The third kappa shape index (κ3) is 9.48. The molecule has 1 atom stereocenters. The van der Waals surface area contributed by atoms with Crippen molar-refractivity contribution in [3.05, 3.63) is 29.8 Å². The Hall–Kier alpha value is -2.77. The van der Waals surface area contributed by atoms with E-state index in [0.717, 1.165) is 0 Å². The first-order chi connectivity index (χ1) is 12.2. The molecular formula is C19H27NO7. The SMILES string of the molecule is CC(C)(C)OC(=O)NC(CC(=O)O)c1ccc(OC(=O)OC(C)(C)C)cc1. The lowest BCUT2D eigenvalue weighted by Gasteiger charge is -2.23. The first-order valence-electron chi connectivity index (χ1n) is 8.47. The van der Waals surface area contributed by atoms with Gasteiger partial charge in [-0.1, -0.05) is 12.1 Å². The summed E-state index contributed by atoms with van der Waals surface area (Å²) in [5.41, 5.74) is -0.857. The van der Waals surface area contributed by atoms with Crippen molar-refractivity contribution in [3.8, 4) is 5.75 Å². The molecule has 0 aliphatic heterocycles. The summed E-state index contributed by atoms with van der Waals surface area (Å²) >= 11 is 0. The number of carbonyl (C=O) groups is 3. The van der Waals surface area contributed by atoms with Crippen LogP contribution in [0.4, 0.5) is 9.59 Å². The van der Waals surface area contributed by atoms with Crippen molar-refractivity contribution in [2.45, 2.75) is 65.2 Å². The lowest BCUT2D eigenvalue weighted by Crippen LogP contribution is -2.35. The second-order valence-electron chi connectivity index (χ2n) is 7.93. The molecule has 150 valence electrons. The molecule has 1 rings (SSSR count). The lowest BCUT2D eigenvalue weighted by atomic mass is 10.0. The zero-order valence-electron chi connectivity index (χ0n) is 16.5. The van der Waals surface area contributed by atoms with Crippen LogP contribution >= 0.6 is 0 Å². The van der Waals surface area contributed by atoms with Crippen molar-refractivity contribution < 1.29 is 33.7 Å². The fourth-order valence-corrected chi connectivity index (χ4v) is 2.01. The van der Waals surface area contributed by atoms with Gasteiger partial charge in [0.05, 0.1) is 12.5 Å². The monoisotopic (exact) mass is 381 g/mol. The zero-order chi connectivity index (χ0) is 20.8. The van der Waals surface area contributed by atoms with E-state index in [9.17, 15) is 14.4 Å². The number of nitrogens with one attached hydrogen (secondary N) is 1. The van der Waals surface area contributed by atoms with Crippen LogP contribution in [0, 0.1) is 0 Å². The number of alkyl carbamates (subject to hydrolysis) is 1. The Bertz CT molecular complexity index is 669. The molecule has 1 amide bonds. The van der Waals surface area contributed by atoms with Crippen molar-refractivity contribution in [3.63, 3.8) is 0 Å². The molecule has 0 saturated heterocycles. The summed E-state index contributed by atoms with van der Waals surface area (Å²) in [6.07, 6.45) is -1.89. The van der Waals surface area contributed by atoms with E-state index in [0.29, 0.717) is 5.56 Å². The molecule has 0 bridgehead atoms. The van der Waals surface area contributed by atoms with Crippen LogP contribution in [0.25, 0.3) is 0 Å². The summed E-state index contributed by atoms with van der Waals surface area (Å²) in [7, 11) is 0. The molecule has 0 aromatic heterocycles. The van der Waals surface area contributed by atoms with E-state index in [1.165, 1.54) is 12.1 Å². The third-order valence-electron chi connectivity index (χ3n) is 2.94. The van der Waals surface area contributed by atoms with Gasteiger partial charge in [0, 0.05) is 0 Å². The molecule has 0 aliphatic rings. The van der Waals surface area contributed by atoms with E-state index >= 15 is 0 Å². The van der Waals surface area contributed by atoms with Crippen molar-refractivity contribution >= 4 is 18.2 Å². The van der Waals surface area contributed by atoms with Crippen LogP contribution in [-0.4, -0.2) is 34.5 Å². The zero-order valence-corrected chi connectivity index (χ0v) is 16.5. The molecule has 1 aromatic carbocycles. The van der Waals surface area contributed by atoms with Gasteiger partial charge in [0.15, 0.2) is 0 Å². The predicted molar refractivity (Wildman–Crippen MR) is 97.7 cm³/mol. The van der Waals surface area contributed by atoms with Crippen LogP contribution in [0.5, 0.6) is 5.75 Å². The fourth-order valence-electron chi connectivity index (χ4n) is 2.01. The Morgan fingerprint density at radius 3 is 1.93 bits per heavy atom. The van der Waals surface area contributed by atoms with Crippen LogP contribution in [-0.2, 0) is 14.3 Å². The number of rotatable bonds is 5. The third-order valence-corrected chi connectivity index (χ3v) is 2.94. The van der Waals surface area contributed by atoms with Crippen LogP contribution in [0.2, 0.25) is 0 Å². The van der Waals surface area contributed by atoms with Crippen molar-refractivity contribution in [1.82, 2.24) is 5.32 Å². The maximum Gasteiger partial charge on any atom is 0.514 e. The maximum atomic E-state index is 12.0. The van der Waals surface area contributed by atoms with Crippen molar-refractivity contribution in [2.24, 2.45) is 0 Å². The van der Waals surface area contributed by atoms with Gasteiger partial charge in [-0.3, -0.25) is 4.79 Å². The highest BCUT2D eigenvalue weighted by atomic mass is 16.7. The molecule has 0 radical (unpaired) electrons. The van der Waals surface area contributed by atoms with Gasteiger partial charge in [-0.25, -0.2) is 9.59 Å². The Morgan fingerprint density at radius 2 is 1.48 bits per heavy atom. The van der Waals surface area contributed by atoms with Gasteiger partial charge in [-0.2, -0.15) is 0 Å². The average Bonchev–Trinajstić information content (AvgIpc) is 2.42. The van der Waals surface area contributed by atoms with Crippen LogP contribution in [0.3, 0.4) is 0 Å². The highest BCUT2D eigenvalue weighted by Gasteiger charge is 2.23. The van der Waals surface area contributed by atoms with E-state index in [1.807, 2.05) is 0 Å². The maximum absolute atomic E-state index is 12.0. The molecular weight excluding hydrogens is 354 g/mol. The number of carboxylic acid groups (broad SMARTS) is 1. The van der Waals surface area contributed by atoms with Gasteiger partial charge in [0.2, 0.25) is 0 Å². The van der Waals surface area contributed by atoms with Crippen molar-refractivity contribution in [1.29, 1.82) is 0 Å². The first kappa shape index (κ1) is 22.3. The highest BCUT2D eigenvalue weighted by molar-refractivity contribution is 5.72. The summed E-state index contributed by atoms with van der Waals surface area (Å²) < 4.78 is 15.3.